The molecule has 8 nitrogen and oxygen atoms in total. The topological polar surface area (TPSA) is 83.8 Å². The van der Waals surface area contributed by atoms with Crippen LogP contribution in [0.4, 0.5) is 4.79 Å². The molecule has 0 spiro atoms. The number of carbonyl (C=O) groups is 1. The Morgan fingerprint density at radius 1 is 1.34 bits per heavy atom. The molecule has 1 rings (SSSR count). The summed E-state index contributed by atoms with van der Waals surface area (Å²) in [5.41, 5.74) is 1.84. The molecule has 1 amide bonds. The van der Waals surface area contributed by atoms with Crippen molar-refractivity contribution in [2.75, 3.05) is 26.7 Å². The molecule has 0 aliphatic heterocycles. The van der Waals surface area contributed by atoms with Crippen molar-refractivity contribution in [1.29, 1.82) is 0 Å². The van der Waals surface area contributed by atoms with Gasteiger partial charge in [-0.2, -0.15) is 5.10 Å². The first-order valence-corrected chi connectivity index (χ1v) is 10.0. The number of hydrogen-bond acceptors (Lipinski definition) is 4. The molecule has 9 heteroatoms. The van der Waals surface area contributed by atoms with E-state index in [0.717, 1.165) is 31.2 Å². The van der Waals surface area contributed by atoms with Crippen molar-refractivity contribution >= 4 is 36.0 Å². The first-order chi connectivity index (χ1) is 13.0. The van der Waals surface area contributed by atoms with E-state index in [0.29, 0.717) is 19.0 Å². The second-order valence-electron chi connectivity index (χ2n) is 8.24. The zero-order chi connectivity index (χ0) is 21.3. The highest BCUT2D eigenvalue weighted by molar-refractivity contribution is 14.0. The molecule has 168 valence electrons. The lowest BCUT2D eigenvalue weighted by Crippen LogP contribution is -2.39. The van der Waals surface area contributed by atoms with Crippen LogP contribution in [0.5, 0.6) is 0 Å². The fourth-order valence-corrected chi connectivity index (χ4v) is 2.73. The molecule has 0 aliphatic rings. The van der Waals surface area contributed by atoms with Gasteiger partial charge in [0.25, 0.3) is 0 Å². The van der Waals surface area contributed by atoms with E-state index in [4.69, 9.17) is 4.74 Å². The van der Waals surface area contributed by atoms with Crippen LogP contribution >= 0.6 is 24.0 Å². The van der Waals surface area contributed by atoms with Crippen molar-refractivity contribution < 1.29 is 9.53 Å². The second-order valence-corrected chi connectivity index (χ2v) is 8.24. The number of aromatic nitrogens is 2. The summed E-state index contributed by atoms with van der Waals surface area (Å²) in [7, 11) is 3.98. The van der Waals surface area contributed by atoms with Gasteiger partial charge in [-0.25, -0.2) is 4.79 Å². The van der Waals surface area contributed by atoms with Gasteiger partial charge in [-0.3, -0.25) is 9.67 Å². The van der Waals surface area contributed by atoms with Crippen LogP contribution in [-0.4, -0.2) is 59.0 Å². The van der Waals surface area contributed by atoms with Crippen LogP contribution in [0.3, 0.4) is 0 Å². The Labute approximate surface area is 192 Å². The van der Waals surface area contributed by atoms with Crippen molar-refractivity contribution in [2.45, 2.75) is 66.0 Å². The molecule has 1 heterocycles. The number of nitrogens with zero attached hydrogens (tertiary/aromatic N) is 4. The Morgan fingerprint density at radius 2 is 2.00 bits per heavy atom. The molecular weight excluding hydrogens is 483 g/mol. The van der Waals surface area contributed by atoms with Gasteiger partial charge in [-0.15, -0.1) is 24.0 Å². The Morgan fingerprint density at radius 3 is 2.55 bits per heavy atom. The molecule has 0 bridgehead atoms. The molecule has 0 fully saturated rings. The van der Waals surface area contributed by atoms with Crippen molar-refractivity contribution in [3.63, 3.8) is 0 Å². The molecule has 0 atom stereocenters. The number of carbonyl (C=O) groups excluding carboxylic acids is 1. The average molecular weight is 522 g/mol. The number of halogens is 1. The quantitative estimate of drug-likeness (QED) is 0.237. The highest BCUT2D eigenvalue weighted by Gasteiger charge is 2.16. The molecular formula is C20H39IN6O2. The molecule has 0 saturated heterocycles. The number of ether oxygens (including phenoxy) is 1. The van der Waals surface area contributed by atoms with Crippen molar-refractivity contribution in [3.05, 3.63) is 17.5 Å². The maximum absolute atomic E-state index is 11.7. The van der Waals surface area contributed by atoms with Crippen LogP contribution in [0.25, 0.3) is 0 Å². The summed E-state index contributed by atoms with van der Waals surface area (Å²) in [5, 5.41) is 10.7. The number of amides is 1. The Hall–Kier alpha value is -1.52. The summed E-state index contributed by atoms with van der Waals surface area (Å²) in [6.45, 7) is 14.6. The highest BCUT2D eigenvalue weighted by Crippen LogP contribution is 2.18. The minimum absolute atomic E-state index is 0. The molecule has 29 heavy (non-hydrogen) atoms. The van der Waals surface area contributed by atoms with Gasteiger partial charge in [0.05, 0.1) is 5.69 Å². The van der Waals surface area contributed by atoms with E-state index >= 15 is 0 Å². The van der Waals surface area contributed by atoms with Gasteiger partial charge in [0.1, 0.15) is 5.60 Å². The van der Waals surface area contributed by atoms with Crippen LogP contribution in [-0.2, 0) is 18.3 Å². The normalized spacial score (nSPS) is 11.8. The predicted molar refractivity (Wildman–Crippen MR) is 129 cm³/mol. The maximum atomic E-state index is 11.7. The van der Waals surface area contributed by atoms with Gasteiger partial charge in [0.2, 0.25) is 0 Å². The van der Waals surface area contributed by atoms with E-state index in [9.17, 15) is 4.79 Å². The molecule has 0 aliphatic carbocycles. The smallest absolute Gasteiger partial charge is 0.407 e. The first-order valence-electron chi connectivity index (χ1n) is 10.0. The number of alkyl carbamates (subject to hydrolysis) is 1. The van der Waals surface area contributed by atoms with Gasteiger partial charge in [-0.05, 0) is 40.0 Å². The van der Waals surface area contributed by atoms with E-state index in [1.165, 1.54) is 5.56 Å². The lowest BCUT2D eigenvalue weighted by Gasteiger charge is -2.22. The highest BCUT2D eigenvalue weighted by atomic mass is 127. The zero-order valence-corrected chi connectivity index (χ0v) is 21.5. The minimum Gasteiger partial charge on any atom is -0.444 e. The number of aryl methyl sites for hydroxylation is 1. The molecule has 2 N–H and O–H groups in total. The van der Waals surface area contributed by atoms with Gasteiger partial charge < -0.3 is 20.3 Å². The fraction of sp³-hybridized carbons (Fsp3) is 0.750. The number of guanidine groups is 1. The minimum atomic E-state index is -0.482. The monoisotopic (exact) mass is 522 g/mol. The Bertz CT molecular complexity index is 652. The third-order valence-electron chi connectivity index (χ3n) is 3.85. The lowest BCUT2D eigenvalue weighted by molar-refractivity contribution is 0.0527. The van der Waals surface area contributed by atoms with Gasteiger partial charge >= 0.3 is 6.09 Å². The standard InChI is InChI=1S/C20H38N6O2.HI/c1-9-21-18(22-11-10-12-23-19(27)28-20(4,5)6)25(7)13-16-14-26(8)24-17(16)15(2)3;/h14-15H,9-13H2,1-8H3,(H,21,22)(H,23,27);1H. The summed E-state index contributed by atoms with van der Waals surface area (Å²) in [6, 6.07) is 0. The van der Waals surface area contributed by atoms with Gasteiger partial charge in [0, 0.05) is 52.0 Å². The van der Waals surface area contributed by atoms with Crippen molar-refractivity contribution in [1.82, 2.24) is 25.3 Å². The van der Waals surface area contributed by atoms with E-state index in [1.54, 1.807) is 0 Å². The van der Waals surface area contributed by atoms with Crippen LogP contribution in [0.1, 0.15) is 65.1 Å². The first kappa shape index (κ1) is 27.5. The third kappa shape index (κ3) is 10.7. The summed E-state index contributed by atoms with van der Waals surface area (Å²) >= 11 is 0. The Kier molecular flexibility index (Phi) is 12.2. The van der Waals surface area contributed by atoms with Crippen LogP contribution < -0.4 is 10.6 Å². The van der Waals surface area contributed by atoms with Crippen LogP contribution in [0, 0.1) is 0 Å². The fourth-order valence-electron chi connectivity index (χ4n) is 2.73. The molecule has 0 aromatic carbocycles. The van der Waals surface area contributed by atoms with Crippen molar-refractivity contribution in [2.24, 2.45) is 12.0 Å². The third-order valence-corrected chi connectivity index (χ3v) is 3.85. The molecule has 0 saturated carbocycles. The number of rotatable bonds is 8. The van der Waals surface area contributed by atoms with E-state index in [1.807, 2.05) is 39.5 Å². The van der Waals surface area contributed by atoms with Crippen LogP contribution in [0.15, 0.2) is 11.2 Å². The van der Waals surface area contributed by atoms with Gasteiger partial charge in [-0.1, -0.05) is 13.8 Å². The SMILES string of the molecule is CCNC(=NCCCNC(=O)OC(C)(C)C)N(C)Cc1cn(C)nc1C(C)C.I. The van der Waals surface area contributed by atoms with Crippen LogP contribution in [0.2, 0.25) is 0 Å². The largest absolute Gasteiger partial charge is 0.444 e. The molecule has 0 radical (unpaired) electrons. The summed E-state index contributed by atoms with van der Waals surface area (Å²) < 4.78 is 7.09. The Balaban J connectivity index is 0.00000784. The average Bonchev–Trinajstić information content (AvgIpc) is 2.92. The molecule has 0 unspecified atom stereocenters. The number of nitrogens with one attached hydrogen (secondary N) is 2. The van der Waals surface area contributed by atoms with E-state index in [-0.39, 0.29) is 24.0 Å². The van der Waals surface area contributed by atoms with E-state index < -0.39 is 11.7 Å². The summed E-state index contributed by atoms with van der Waals surface area (Å²) in [6.07, 6.45) is 2.42. The lowest BCUT2D eigenvalue weighted by atomic mass is 10.1. The predicted octanol–water partition coefficient (Wildman–Crippen LogP) is 3.47. The van der Waals surface area contributed by atoms with E-state index in [2.05, 4.69) is 52.6 Å². The zero-order valence-electron chi connectivity index (χ0n) is 19.2. The second kappa shape index (κ2) is 12.9. The molecule has 1 aromatic heterocycles. The molecule has 1 aromatic rings. The maximum Gasteiger partial charge on any atom is 0.407 e. The van der Waals surface area contributed by atoms with Gasteiger partial charge in [0.15, 0.2) is 5.96 Å². The summed E-state index contributed by atoms with van der Waals surface area (Å²) in [5.74, 6) is 1.22. The number of hydrogen-bond donors (Lipinski definition) is 2. The number of aliphatic imine (C=N–C) groups is 1. The summed E-state index contributed by atoms with van der Waals surface area (Å²) in [4.78, 5) is 18.4. The van der Waals surface area contributed by atoms with Crippen molar-refractivity contribution in [3.8, 4) is 0 Å².